The summed E-state index contributed by atoms with van der Waals surface area (Å²) in [4.78, 5) is 15.4. The van der Waals surface area contributed by atoms with Crippen molar-refractivity contribution in [1.82, 2.24) is 4.57 Å². The Labute approximate surface area is 206 Å². The fraction of sp³-hybridized carbons (Fsp3) is 0.300. The molecule has 4 aromatic rings. The van der Waals surface area contributed by atoms with Crippen LogP contribution < -0.4 is 4.90 Å². The second kappa shape index (κ2) is 8.90. The molecule has 0 saturated carbocycles. The molecule has 180 valence electrons. The highest BCUT2D eigenvalue weighted by molar-refractivity contribution is 5.99. The maximum atomic E-state index is 13.3. The topological polar surface area (TPSA) is 43.7 Å². The van der Waals surface area contributed by atoms with Crippen LogP contribution in [0.1, 0.15) is 45.2 Å². The third kappa shape index (κ3) is 3.53. The van der Waals surface area contributed by atoms with E-state index in [-0.39, 0.29) is 5.97 Å². The van der Waals surface area contributed by atoms with Crippen molar-refractivity contribution in [3.8, 4) is 0 Å². The van der Waals surface area contributed by atoms with Gasteiger partial charge in [-0.1, -0.05) is 42.5 Å². The Hall–Kier alpha value is -3.57. The lowest BCUT2D eigenvalue weighted by Crippen LogP contribution is -2.31. The summed E-state index contributed by atoms with van der Waals surface area (Å²) < 4.78 is 14.5. The fourth-order valence-electron chi connectivity index (χ4n) is 5.52. The van der Waals surface area contributed by atoms with Gasteiger partial charge < -0.3 is 18.9 Å². The summed E-state index contributed by atoms with van der Waals surface area (Å²) in [7, 11) is 4.07. The molecule has 2 heterocycles. The second-order valence-electron chi connectivity index (χ2n) is 9.34. The molecule has 0 bridgehead atoms. The number of aryl methyl sites for hydroxylation is 1. The average Bonchev–Trinajstić information content (AvgIpc) is 3.31. The number of para-hydroxylation sites is 1. The number of carbonyl (C=O) groups excluding carboxylic acids is 1. The van der Waals surface area contributed by atoms with Crippen molar-refractivity contribution in [2.45, 2.75) is 32.9 Å². The van der Waals surface area contributed by atoms with Gasteiger partial charge in [0.25, 0.3) is 0 Å². The van der Waals surface area contributed by atoms with Gasteiger partial charge in [0.1, 0.15) is 0 Å². The van der Waals surface area contributed by atoms with Gasteiger partial charge in [-0.25, -0.2) is 4.79 Å². The van der Waals surface area contributed by atoms with Crippen molar-refractivity contribution >= 4 is 22.6 Å². The molecule has 0 fully saturated rings. The van der Waals surface area contributed by atoms with Crippen molar-refractivity contribution in [2.24, 2.45) is 0 Å². The van der Waals surface area contributed by atoms with Crippen molar-refractivity contribution in [2.75, 3.05) is 32.2 Å². The quantitative estimate of drug-likeness (QED) is 0.253. The Morgan fingerprint density at radius 1 is 0.971 bits per heavy atom. The van der Waals surface area contributed by atoms with Crippen LogP contribution in [0.4, 0.5) is 5.69 Å². The molecular weight excluding hydrogens is 436 g/mol. The molecule has 0 N–H and O–H groups in total. The molecule has 0 amide bonds. The third-order valence-electron chi connectivity index (χ3n) is 7.12. The first-order chi connectivity index (χ1) is 16.9. The lowest BCUT2D eigenvalue weighted by atomic mass is 9.77. The highest BCUT2D eigenvalue weighted by Crippen LogP contribution is 2.51. The number of fused-ring (bicyclic) bond motifs is 2. The van der Waals surface area contributed by atoms with Crippen LogP contribution in [-0.2, 0) is 21.6 Å². The van der Waals surface area contributed by atoms with Gasteiger partial charge in [0.2, 0.25) is 0 Å². The molecule has 35 heavy (non-hydrogen) atoms. The zero-order valence-electron chi connectivity index (χ0n) is 21.1. The molecule has 0 aliphatic carbocycles. The van der Waals surface area contributed by atoms with Crippen LogP contribution in [-0.4, -0.2) is 37.8 Å². The van der Waals surface area contributed by atoms with Crippen molar-refractivity contribution in [3.63, 3.8) is 0 Å². The number of ether oxygens (including phenoxy) is 2. The summed E-state index contributed by atoms with van der Waals surface area (Å²) in [5.41, 5.74) is 6.84. The van der Waals surface area contributed by atoms with E-state index in [1.54, 1.807) is 0 Å². The lowest BCUT2D eigenvalue weighted by molar-refractivity contribution is 0.0251. The van der Waals surface area contributed by atoms with E-state index < -0.39 is 5.60 Å². The summed E-state index contributed by atoms with van der Waals surface area (Å²) in [6, 6.07) is 22.5. The molecule has 1 unspecified atom stereocenters. The van der Waals surface area contributed by atoms with Crippen molar-refractivity contribution in [3.05, 3.63) is 100 Å². The van der Waals surface area contributed by atoms with Gasteiger partial charge in [0, 0.05) is 66.2 Å². The van der Waals surface area contributed by atoms with E-state index in [1.165, 1.54) is 0 Å². The largest absolute Gasteiger partial charge is 0.440 e. The Kier molecular flexibility index (Phi) is 5.89. The molecule has 1 atom stereocenters. The van der Waals surface area contributed by atoms with Gasteiger partial charge in [0.05, 0.1) is 12.2 Å². The first-order valence-corrected chi connectivity index (χ1v) is 12.2. The minimum Gasteiger partial charge on any atom is -0.440 e. The Morgan fingerprint density at radius 2 is 1.71 bits per heavy atom. The van der Waals surface area contributed by atoms with Gasteiger partial charge in [-0.05, 0) is 50.6 Å². The highest BCUT2D eigenvalue weighted by Gasteiger charge is 2.51. The fourth-order valence-corrected chi connectivity index (χ4v) is 5.52. The number of benzene rings is 3. The Morgan fingerprint density at radius 3 is 2.46 bits per heavy atom. The van der Waals surface area contributed by atoms with E-state index in [2.05, 4.69) is 65.8 Å². The SMILES string of the molecule is CCOCCn1c(C)c(C2(c3ccc(N(C)C)cc3C)OC(=O)c3ccccc32)c2ccccc21. The molecule has 0 spiro atoms. The van der Waals surface area contributed by atoms with Gasteiger partial charge in [-0.2, -0.15) is 0 Å². The van der Waals surface area contributed by atoms with Crippen LogP contribution in [0.25, 0.3) is 10.9 Å². The van der Waals surface area contributed by atoms with Gasteiger partial charge in [0.15, 0.2) is 5.60 Å². The van der Waals surface area contributed by atoms with E-state index in [0.717, 1.165) is 51.1 Å². The molecular formula is C30H32N2O3. The maximum Gasteiger partial charge on any atom is 0.340 e. The minimum atomic E-state index is -1.04. The van der Waals surface area contributed by atoms with E-state index in [9.17, 15) is 4.79 Å². The van der Waals surface area contributed by atoms with E-state index in [0.29, 0.717) is 18.8 Å². The van der Waals surface area contributed by atoms with Crippen LogP contribution in [0.3, 0.4) is 0 Å². The van der Waals surface area contributed by atoms with E-state index in [4.69, 9.17) is 9.47 Å². The molecule has 1 aliphatic rings. The predicted octanol–water partition coefficient (Wildman–Crippen LogP) is 5.82. The zero-order chi connectivity index (χ0) is 24.7. The summed E-state index contributed by atoms with van der Waals surface area (Å²) in [6.07, 6.45) is 0. The summed E-state index contributed by atoms with van der Waals surface area (Å²) in [5, 5.41) is 1.09. The number of carbonyl (C=O) groups is 1. The van der Waals surface area contributed by atoms with Crippen LogP contribution in [0.5, 0.6) is 0 Å². The number of anilines is 1. The highest BCUT2D eigenvalue weighted by atomic mass is 16.6. The van der Waals surface area contributed by atoms with Crippen molar-refractivity contribution < 1.29 is 14.3 Å². The standard InChI is InChI=1S/C30H32N2O3/c1-6-34-18-17-32-21(3)28(24-12-8-10-14-27(24)32)30(25-16-15-22(31(4)5)19-20(25)2)26-13-9-7-11-23(26)29(33)35-30/h7-16,19H,6,17-18H2,1-5H3. The third-order valence-corrected chi connectivity index (χ3v) is 7.12. The molecule has 5 rings (SSSR count). The van der Waals surface area contributed by atoms with E-state index >= 15 is 0 Å². The maximum absolute atomic E-state index is 13.3. The molecule has 5 nitrogen and oxygen atoms in total. The van der Waals surface area contributed by atoms with Gasteiger partial charge in [-0.15, -0.1) is 0 Å². The first-order valence-electron chi connectivity index (χ1n) is 12.2. The summed E-state index contributed by atoms with van der Waals surface area (Å²) in [6.45, 7) is 8.26. The number of hydrogen-bond acceptors (Lipinski definition) is 4. The van der Waals surface area contributed by atoms with Crippen LogP contribution in [0, 0.1) is 13.8 Å². The lowest BCUT2D eigenvalue weighted by Gasteiger charge is -2.32. The first kappa shape index (κ1) is 23.2. The van der Waals surface area contributed by atoms with Gasteiger partial charge in [-0.3, -0.25) is 0 Å². The number of rotatable bonds is 7. The van der Waals surface area contributed by atoms with Crippen LogP contribution >= 0.6 is 0 Å². The molecule has 0 radical (unpaired) electrons. The number of esters is 1. The van der Waals surface area contributed by atoms with Crippen LogP contribution in [0.2, 0.25) is 0 Å². The molecule has 0 saturated heterocycles. The van der Waals surface area contributed by atoms with Gasteiger partial charge >= 0.3 is 5.97 Å². The Bertz CT molecular complexity index is 1420. The average molecular weight is 469 g/mol. The molecule has 1 aromatic heterocycles. The zero-order valence-corrected chi connectivity index (χ0v) is 21.1. The predicted molar refractivity (Wildman–Crippen MR) is 140 cm³/mol. The number of aromatic nitrogens is 1. The number of nitrogens with zero attached hydrogens (tertiary/aromatic N) is 2. The van der Waals surface area contributed by atoms with E-state index in [1.807, 2.05) is 45.3 Å². The summed E-state index contributed by atoms with van der Waals surface area (Å²) in [5.74, 6) is -0.290. The monoisotopic (exact) mass is 468 g/mol. The summed E-state index contributed by atoms with van der Waals surface area (Å²) >= 11 is 0. The van der Waals surface area contributed by atoms with Crippen molar-refractivity contribution in [1.29, 1.82) is 0 Å². The second-order valence-corrected chi connectivity index (χ2v) is 9.34. The normalized spacial score (nSPS) is 17.0. The molecule has 5 heteroatoms. The molecule has 3 aromatic carbocycles. The smallest absolute Gasteiger partial charge is 0.340 e. The van der Waals surface area contributed by atoms with Crippen LogP contribution in [0.15, 0.2) is 66.7 Å². The minimum absolute atomic E-state index is 0.290. The number of hydrogen-bond donors (Lipinski definition) is 0. The number of cyclic esters (lactones) is 1. The molecule has 1 aliphatic heterocycles. The Balaban J connectivity index is 1.85.